The van der Waals surface area contributed by atoms with Gasteiger partial charge >= 0.3 is 5.97 Å². The molecule has 124 valence electrons. The number of hydrogen-bond donors (Lipinski definition) is 0. The van der Waals surface area contributed by atoms with Crippen LogP contribution in [0.1, 0.15) is 23.1 Å². The van der Waals surface area contributed by atoms with Gasteiger partial charge in [-0.2, -0.15) is 13.9 Å². The fraction of sp³-hybridized carbons (Fsp3) is 0.200. The van der Waals surface area contributed by atoms with E-state index in [0.717, 1.165) is 6.92 Å². The summed E-state index contributed by atoms with van der Waals surface area (Å²) in [6.07, 6.45) is 1.37. The van der Waals surface area contributed by atoms with Gasteiger partial charge in [0.1, 0.15) is 10.8 Å². The van der Waals surface area contributed by atoms with Crippen LogP contribution in [0, 0.1) is 0 Å². The van der Waals surface area contributed by atoms with Gasteiger partial charge in [0.05, 0.1) is 18.0 Å². The first-order valence-electron chi connectivity index (χ1n) is 6.79. The molecule has 3 aromatic heterocycles. The second kappa shape index (κ2) is 5.79. The highest BCUT2D eigenvalue weighted by Crippen LogP contribution is 2.27. The Bertz CT molecular complexity index is 937. The number of fused-ring (bicyclic) bond motifs is 1. The number of esters is 1. The lowest BCUT2D eigenvalue weighted by Gasteiger charge is -2.11. The maximum atomic E-state index is 13.5. The Kier molecular flexibility index (Phi) is 3.92. The smallest absolute Gasteiger partial charge is 0.359 e. The van der Waals surface area contributed by atoms with Gasteiger partial charge in [0.15, 0.2) is 11.5 Å². The third kappa shape index (κ3) is 2.80. The highest BCUT2D eigenvalue weighted by atomic mass is 35.5. The maximum absolute atomic E-state index is 13.5. The predicted octanol–water partition coefficient (Wildman–Crippen LogP) is 3.37. The Labute approximate surface area is 140 Å². The number of methoxy groups -OCH3 is 1. The summed E-state index contributed by atoms with van der Waals surface area (Å²) < 4.78 is 33.0. The van der Waals surface area contributed by atoms with Gasteiger partial charge < -0.3 is 4.74 Å². The van der Waals surface area contributed by atoms with E-state index in [1.807, 2.05) is 0 Å². The van der Waals surface area contributed by atoms with Gasteiger partial charge in [-0.3, -0.25) is 0 Å². The Balaban J connectivity index is 2.27. The Hall–Kier alpha value is -2.61. The molecule has 24 heavy (non-hydrogen) atoms. The molecule has 0 aliphatic rings. The first kappa shape index (κ1) is 16.3. The summed E-state index contributed by atoms with van der Waals surface area (Å²) >= 11 is 5.90. The number of aromatic nitrogens is 4. The molecule has 6 nitrogen and oxygen atoms in total. The Morgan fingerprint density at radius 2 is 2.12 bits per heavy atom. The van der Waals surface area contributed by atoms with Gasteiger partial charge in [-0.1, -0.05) is 17.7 Å². The van der Waals surface area contributed by atoms with E-state index < -0.39 is 17.6 Å². The molecule has 0 amide bonds. The van der Waals surface area contributed by atoms with E-state index in [1.165, 1.54) is 42.3 Å². The summed E-state index contributed by atoms with van der Waals surface area (Å²) in [5.41, 5.74) is -0.0185. The third-order valence-electron chi connectivity index (χ3n) is 3.31. The molecule has 0 unspecified atom stereocenters. The standard InChI is InChI=1S/C15H11ClF2N4O2/c1-15(17,18)10-4-3-5-12(20-10)22-9-6-11(16)19-7-8(9)13(21-22)14(23)24-2/h3-7H,1-2H3. The molecule has 0 saturated heterocycles. The van der Waals surface area contributed by atoms with E-state index in [4.69, 9.17) is 11.6 Å². The van der Waals surface area contributed by atoms with E-state index in [0.29, 0.717) is 10.9 Å². The number of carbonyl (C=O) groups excluding carboxylic acids is 1. The van der Waals surface area contributed by atoms with Crippen molar-refractivity contribution in [3.63, 3.8) is 0 Å². The van der Waals surface area contributed by atoms with E-state index >= 15 is 0 Å². The normalized spacial score (nSPS) is 11.7. The minimum Gasteiger partial charge on any atom is -0.464 e. The van der Waals surface area contributed by atoms with Crippen molar-refractivity contribution in [3.8, 4) is 5.82 Å². The zero-order valence-corrected chi connectivity index (χ0v) is 13.4. The van der Waals surface area contributed by atoms with E-state index in [-0.39, 0.29) is 16.7 Å². The molecule has 0 spiro atoms. The largest absolute Gasteiger partial charge is 0.464 e. The van der Waals surface area contributed by atoms with Gasteiger partial charge in [0, 0.05) is 19.2 Å². The lowest BCUT2D eigenvalue weighted by molar-refractivity contribution is 0.0127. The summed E-state index contributed by atoms with van der Waals surface area (Å²) in [5, 5.41) is 4.67. The molecule has 0 N–H and O–H groups in total. The average Bonchev–Trinajstić information content (AvgIpc) is 2.92. The van der Waals surface area contributed by atoms with Crippen molar-refractivity contribution in [2.24, 2.45) is 0 Å². The number of ether oxygens (including phenoxy) is 1. The second-order valence-electron chi connectivity index (χ2n) is 5.05. The summed E-state index contributed by atoms with van der Waals surface area (Å²) in [5.74, 6) is -3.67. The number of carbonyl (C=O) groups is 1. The van der Waals surface area contributed by atoms with Crippen LogP contribution in [0.5, 0.6) is 0 Å². The third-order valence-corrected chi connectivity index (χ3v) is 3.52. The summed E-state index contributed by atoms with van der Waals surface area (Å²) in [6, 6.07) is 5.61. The van der Waals surface area contributed by atoms with Gasteiger partial charge in [0.25, 0.3) is 5.92 Å². The van der Waals surface area contributed by atoms with Crippen molar-refractivity contribution in [1.82, 2.24) is 19.7 Å². The monoisotopic (exact) mass is 352 g/mol. The maximum Gasteiger partial charge on any atom is 0.359 e. The topological polar surface area (TPSA) is 69.9 Å². The van der Waals surface area contributed by atoms with Crippen LogP contribution in [-0.4, -0.2) is 32.8 Å². The van der Waals surface area contributed by atoms with E-state index in [2.05, 4.69) is 19.8 Å². The van der Waals surface area contributed by atoms with Crippen LogP contribution in [0.15, 0.2) is 30.5 Å². The quantitative estimate of drug-likeness (QED) is 0.534. The van der Waals surface area contributed by atoms with Crippen molar-refractivity contribution >= 4 is 28.5 Å². The number of rotatable bonds is 3. The molecule has 0 aliphatic carbocycles. The van der Waals surface area contributed by atoms with E-state index in [1.54, 1.807) is 0 Å². The van der Waals surface area contributed by atoms with Crippen LogP contribution in [0.25, 0.3) is 16.7 Å². The molecular formula is C15H11ClF2N4O2. The summed E-state index contributed by atoms with van der Waals surface area (Å²) in [6.45, 7) is 0.751. The fourth-order valence-corrected chi connectivity index (χ4v) is 2.35. The molecule has 3 heterocycles. The lowest BCUT2D eigenvalue weighted by atomic mass is 10.2. The molecule has 0 atom stereocenters. The molecule has 3 aromatic rings. The van der Waals surface area contributed by atoms with Crippen molar-refractivity contribution in [1.29, 1.82) is 0 Å². The first-order valence-corrected chi connectivity index (χ1v) is 7.17. The number of nitrogens with zero attached hydrogens (tertiary/aromatic N) is 4. The van der Waals surface area contributed by atoms with Gasteiger partial charge in [-0.05, 0) is 12.1 Å². The zero-order valence-electron chi connectivity index (χ0n) is 12.6. The fourth-order valence-electron chi connectivity index (χ4n) is 2.19. The lowest BCUT2D eigenvalue weighted by Crippen LogP contribution is -2.12. The van der Waals surface area contributed by atoms with Gasteiger partial charge in [-0.25, -0.2) is 19.4 Å². The van der Waals surface area contributed by atoms with Crippen molar-refractivity contribution in [2.75, 3.05) is 7.11 Å². The minimum absolute atomic E-state index is 0.00729. The summed E-state index contributed by atoms with van der Waals surface area (Å²) in [4.78, 5) is 19.7. The highest BCUT2D eigenvalue weighted by molar-refractivity contribution is 6.30. The number of pyridine rings is 2. The number of halogens is 3. The van der Waals surface area contributed by atoms with Crippen LogP contribution < -0.4 is 0 Å². The van der Waals surface area contributed by atoms with Crippen molar-refractivity contribution in [2.45, 2.75) is 12.8 Å². The van der Waals surface area contributed by atoms with Crippen LogP contribution in [-0.2, 0) is 10.7 Å². The zero-order chi connectivity index (χ0) is 17.5. The Morgan fingerprint density at radius 3 is 2.79 bits per heavy atom. The molecule has 0 saturated carbocycles. The van der Waals surface area contributed by atoms with Crippen LogP contribution in [0.2, 0.25) is 5.15 Å². The highest BCUT2D eigenvalue weighted by Gasteiger charge is 2.27. The minimum atomic E-state index is -3.11. The second-order valence-corrected chi connectivity index (χ2v) is 5.43. The average molecular weight is 353 g/mol. The van der Waals surface area contributed by atoms with Crippen LogP contribution in [0.4, 0.5) is 8.78 Å². The summed E-state index contributed by atoms with van der Waals surface area (Å²) in [7, 11) is 1.22. The molecule has 0 aliphatic heterocycles. The molecule has 0 bridgehead atoms. The van der Waals surface area contributed by atoms with Crippen LogP contribution >= 0.6 is 11.6 Å². The van der Waals surface area contributed by atoms with Gasteiger partial charge in [-0.15, -0.1) is 0 Å². The number of hydrogen-bond acceptors (Lipinski definition) is 5. The molecule has 9 heteroatoms. The molecular weight excluding hydrogens is 342 g/mol. The first-order chi connectivity index (χ1) is 11.3. The number of alkyl halides is 2. The van der Waals surface area contributed by atoms with Crippen molar-refractivity contribution in [3.05, 3.63) is 47.0 Å². The van der Waals surface area contributed by atoms with Gasteiger partial charge in [0.2, 0.25) is 0 Å². The molecule has 0 radical (unpaired) electrons. The SMILES string of the molecule is COC(=O)c1nn(-c2cccc(C(C)(F)F)n2)c2cc(Cl)ncc12. The van der Waals surface area contributed by atoms with Crippen molar-refractivity contribution < 1.29 is 18.3 Å². The molecule has 0 aromatic carbocycles. The molecule has 3 rings (SSSR count). The predicted molar refractivity (Wildman–Crippen MR) is 82.6 cm³/mol. The molecule has 0 fully saturated rings. The van der Waals surface area contributed by atoms with Crippen LogP contribution in [0.3, 0.4) is 0 Å². The Morgan fingerprint density at radius 1 is 1.38 bits per heavy atom. The van der Waals surface area contributed by atoms with E-state index in [9.17, 15) is 13.6 Å².